The molecule has 6 heteroatoms. The molecule has 2 aromatic rings. The number of ether oxygens (including phenoxy) is 1. The second-order valence-electron chi connectivity index (χ2n) is 5.21. The van der Waals surface area contributed by atoms with E-state index in [1.165, 1.54) is 12.7 Å². The van der Waals surface area contributed by atoms with Crippen LogP contribution in [0.25, 0.3) is 11.2 Å². The van der Waals surface area contributed by atoms with E-state index in [0.717, 1.165) is 36.3 Å². The molecule has 5 nitrogen and oxygen atoms in total. The van der Waals surface area contributed by atoms with Gasteiger partial charge >= 0.3 is 0 Å². The lowest BCUT2D eigenvalue weighted by atomic mass is 9.78. The van der Waals surface area contributed by atoms with Crippen LogP contribution in [-0.4, -0.2) is 32.5 Å². The molecule has 0 N–H and O–H groups in total. The first-order valence-corrected chi connectivity index (χ1v) is 7.06. The van der Waals surface area contributed by atoms with Crippen LogP contribution in [0.1, 0.15) is 32.0 Å². The van der Waals surface area contributed by atoms with Crippen molar-refractivity contribution < 1.29 is 4.74 Å². The van der Waals surface area contributed by atoms with Gasteiger partial charge in [0, 0.05) is 17.8 Å². The van der Waals surface area contributed by atoms with Crippen molar-refractivity contribution in [1.82, 2.24) is 19.5 Å². The number of rotatable bonds is 4. The fourth-order valence-corrected chi connectivity index (χ4v) is 2.97. The summed E-state index contributed by atoms with van der Waals surface area (Å²) in [6.45, 7) is 2.25. The fourth-order valence-electron chi connectivity index (χ4n) is 2.80. The summed E-state index contributed by atoms with van der Waals surface area (Å²) >= 11 is 5.90. The first kappa shape index (κ1) is 12.7. The Morgan fingerprint density at radius 3 is 2.79 bits per heavy atom. The molecule has 0 unspecified atom stereocenters. The van der Waals surface area contributed by atoms with Gasteiger partial charge < -0.3 is 9.30 Å². The molecule has 0 spiro atoms. The van der Waals surface area contributed by atoms with Gasteiger partial charge in [-0.15, -0.1) is 11.6 Å². The zero-order valence-corrected chi connectivity index (χ0v) is 11.9. The van der Waals surface area contributed by atoms with Gasteiger partial charge in [0.05, 0.1) is 7.11 Å². The van der Waals surface area contributed by atoms with Crippen LogP contribution in [0.2, 0.25) is 0 Å². The van der Waals surface area contributed by atoms with Crippen LogP contribution in [0.15, 0.2) is 6.33 Å². The van der Waals surface area contributed by atoms with Gasteiger partial charge in [-0.3, -0.25) is 0 Å². The molecule has 2 aromatic heterocycles. The third kappa shape index (κ3) is 1.87. The summed E-state index contributed by atoms with van der Waals surface area (Å²) in [7, 11) is 1.60. The highest BCUT2D eigenvalue weighted by Gasteiger charge is 2.37. The van der Waals surface area contributed by atoms with Crippen molar-refractivity contribution in [3.63, 3.8) is 0 Å². The normalized spacial score (nSPS) is 17.4. The van der Waals surface area contributed by atoms with Crippen LogP contribution in [0.5, 0.6) is 5.88 Å². The quantitative estimate of drug-likeness (QED) is 0.808. The van der Waals surface area contributed by atoms with Crippen LogP contribution in [-0.2, 0) is 12.0 Å². The number of imidazole rings is 1. The number of methoxy groups -OCH3 is 1. The average Bonchev–Trinajstić information content (AvgIpc) is 2.74. The molecule has 0 saturated heterocycles. The van der Waals surface area contributed by atoms with Crippen LogP contribution in [0.4, 0.5) is 0 Å². The van der Waals surface area contributed by atoms with Crippen molar-refractivity contribution in [1.29, 1.82) is 0 Å². The van der Waals surface area contributed by atoms with E-state index >= 15 is 0 Å². The second-order valence-corrected chi connectivity index (χ2v) is 5.59. The summed E-state index contributed by atoms with van der Waals surface area (Å²) in [6.07, 6.45) is 5.82. The molecule has 0 aromatic carbocycles. The van der Waals surface area contributed by atoms with E-state index in [1.54, 1.807) is 7.11 Å². The van der Waals surface area contributed by atoms with Gasteiger partial charge in [0.1, 0.15) is 12.2 Å². The Hall–Kier alpha value is -1.36. The van der Waals surface area contributed by atoms with Gasteiger partial charge in [-0.25, -0.2) is 9.97 Å². The Kier molecular flexibility index (Phi) is 3.09. The average molecular weight is 281 g/mol. The highest BCUT2D eigenvalue weighted by molar-refractivity contribution is 6.17. The zero-order chi connectivity index (χ0) is 13.5. The lowest BCUT2D eigenvalue weighted by Crippen LogP contribution is -2.38. The van der Waals surface area contributed by atoms with Crippen LogP contribution >= 0.6 is 11.6 Å². The van der Waals surface area contributed by atoms with E-state index in [9.17, 15) is 0 Å². The van der Waals surface area contributed by atoms with Crippen molar-refractivity contribution in [2.45, 2.75) is 38.1 Å². The van der Waals surface area contributed by atoms with Gasteiger partial charge in [0.15, 0.2) is 11.2 Å². The van der Waals surface area contributed by atoms with E-state index in [1.807, 2.05) is 0 Å². The minimum Gasteiger partial charge on any atom is -0.479 e. The van der Waals surface area contributed by atoms with Crippen molar-refractivity contribution in [2.75, 3.05) is 13.0 Å². The maximum Gasteiger partial charge on any atom is 0.245 e. The number of hydrogen-bond donors (Lipinski definition) is 0. The van der Waals surface area contributed by atoms with E-state index in [4.69, 9.17) is 16.3 Å². The molecule has 0 bridgehead atoms. The lowest BCUT2D eigenvalue weighted by molar-refractivity contribution is 0.169. The van der Waals surface area contributed by atoms with Gasteiger partial charge in [-0.05, 0) is 26.2 Å². The highest BCUT2D eigenvalue weighted by atomic mass is 35.5. The molecule has 0 radical (unpaired) electrons. The largest absolute Gasteiger partial charge is 0.479 e. The van der Waals surface area contributed by atoms with Crippen molar-refractivity contribution in [3.05, 3.63) is 12.2 Å². The Balaban J connectivity index is 2.24. The Bertz CT molecular complexity index is 606. The topological polar surface area (TPSA) is 52.8 Å². The van der Waals surface area contributed by atoms with Crippen molar-refractivity contribution >= 4 is 22.8 Å². The fraction of sp³-hybridized carbons (Fsp3) is 0.615. The van der Waals surface area contributed by atoms with Crippen LogP contribution in [0.3, 0.4) is 0 Å². The molecule has 102 valence electrons. The Morgan fingerprint density at radius 1 is 1.42 bits per heavy atom. The summed E-state index contributed by atoms with van der Waals surface area (Å²) in [5.41, 5.74) is 1.70. The summed E-state index contributed by atoms with van der Waals surface area (Å²) in [5, 5.41) is 0. The van der Waals surface area contributed by atoms with Gasteiger partial charge in [0.2, 0.25) is 5.88 Å². The van der Waals surface area contributed by atoms with Gasteiger partial charge in [-0.1, -0.05) is 0 Å². The molecule has 1 saturated carbocycles. The van der Waals surface area contributed by atoms with Crippen molar-refractivity contribution in [3.8, 4) is 5.88 Å². The van der Waals surface area contributed by atoms with E-state index < -0.39 is 0 Å². The van der Waals surface area contributed by atoms with Crippen LogP contribution < -0.4 is 4.74 Å². The molecule has 0 amide bonds. The SMILES string of the molecule is COc1ncnc2c1nc(CCCl)n2C1(C)CCC1. The highest BCUT2D eigenvalue weighted by Crippen LogP contribution is 2.42. The number of halogens is 1. The molecule has 1 aliphatic rings. The summed E-state index contributed by atoms with van der Waals surface area (Å²) in [5.74, 6) is 2.06. The number of hydrogen-bond acceptors (Lipinski definition) is 4. The predicted octanol–water partition coefficient (Wildman–Crippen LogP) is 2.52. The molecule has 1 aliphatic carbocycles. The lowest BCUT2D eigenvalue weighted by Gasteiger charge is -2.40. The maximum absolute atomic E-state index is 5.90. The molecule has 19 heavy (non-hydrogen) atoms. The minimum atomic E-state index is 0.107. The Labute approximate surface area is 117 Å². The van der Waals surface area contributed by atoms with E-state index in [0.29, 0.717) is 11.8 Å². The van der Waals surface area contributed by atoms with E-state index in [2.05, 4.69) is 26.4 Å². The standard InChI is InChI=1S/C13H17ClN4O/c1-13(5-3-6-13)18-9(4-7-14)17-10-11(18)15-8-16-12(10)19-2/h8H,3-7H2,1-2H3. The molecule has 1 fully saturated rings. The number of nitrogens with zero attached hydrogens (tertiary/aromatic N) is 4. The molecule has 0 atom stereocenters. The summed E-state index contributed by atoms with van der Waals surface area (Å²) in [6, 6.07) is 0. The number of fused-ring (bicyclic) bond motifs is 1. The molecule has 2 heterocycles. The predicted molar refractivity (Wildman–Crippen MR) is 73.8 cm³/mol. The number of alkyl halides is 1. The first-order chi connectivity index (χ1) is 9.19. The van der Waals surface area contributed by atoms with Crippen molar-refractivity contribution in [2.24, 2.45) is 0 Å². The monoisotopic (exact) mass is 280 g/mol. The molecule has 3 rings (SSSR count). The minimum absolute atomic E-state index is 0.107. The first-order valence-electron chi connectivity index (χ1n) is 6.52. The Morgan fingerprint density at radius 2 is 2.21 bits per heavy atom. The van der Waals surface area contributed by atoms with Gasteiger partial charge in [-0.2, -0.15) is 4.98 Å². The van der Waals surface area contributed by atoms with Gasteiger partial charge in [0.25, 0.3) is 0 Å². The second kappa shape index (κ2) is 4.63. The maximum atomic E-state index is 5.90. The van der Waals surface area contributed by atoms with E-state index in [-0.39, 0.29) is 5.54 Å². The smallest absolute Gasteiger partial charge is 0.245 e. The number of aryl methyl sites for hydroxylation is 1. The summed E-state index contributed by atoms with van der Waals surface area (Å²) in [4.78, 5) is 13.2. The molecular weight excluding hydrogens is 264 g/mol. The number of aromatic nitrogens is 4. The molecular formula is C13H17ClN4O. The van der Waals surface area contributed by atoms with Crippen LogP contribution in [0, 0.1) is 0 Å². The summed E-state index contributed by atoms with van der Waals surface area (Å²) < 4.78 is 7.51. The zero-order valence-electron chi connectivity index (χ0n) is 11.2. The third-order valence-electron chi connectivity index (χ3n) is 3.96. The third-order valence-corrected chi connectivity index (χ3v) is 4.15. The molecule has 0 aliphatic heterocycles.